The van der Waals surface area contributed by atoms with Gasteiger partial charge in [-0.25, -0.2) is 4.79 Å². The van der Waals surface area contributed by atoms with Crippen molar-refractivity contribution in [2.45, 2.75) is 12.0 Å². The Balaban J connectivity index is 2.01. The van der Waals surface area contributed by atoms with Crippen LogP contribution in [0.2, 0.25) is 5.02 Å². The van der Waals surface area contributed by atoms with E-state index in [1.54, 1.807) is 30.3 Å². The number of halogens is 1. The highest BCUT2D eigenvalue weighted by Crippen LogP contribution is 2.19. The minimum absolute atomic E-state index is 0.0111. The molecule has 0 radical (unpaired) electrons. The number of hydrogen-bond acceptors (Lipinski definition) is 3. The van der Waals surface area contributed by atoms with E-state index in [-0.39, 0.29) is 13.0 Å². The van der Waals surface area contributed by atoms with Gasteiger partial charge in [-0.15, -0.1) is 0 Å². The van der Waals surface area contributed by atoms with Gasteiger partial charge in [0.15, 0.2) is 5.54 Å². The highest BCUT2D eigenvalue weighted by atomic mass is 35.5. The monoisotopic (exact) mass is 295 g/mol. The predicted molar refractivity (Wildman–Crippen MR) is 74.4 cm³/mol. The fourth-order valence-corrected chi connectivity index (χ4v) is 2.03. The molecule has 106 valence electrons. The molecule has 1 aromatic carbocycles. The average molecular weight is 296 g/mol. The van der Waals surface area contributed by atoms with Crippen LogP contribution in [0, 0.1) is 0 Å². The zero-order valence-electron chi connectivity index (χ0n) is 10.6. The van der Waals surface area contributed by atoms with E-state index < -0.39 is 17.4 Å². The van der Waals surface area contributed by atoms with Crippen LogP contribution in [0.15, 0.2) is 30.3 Å². The van der Waals surface area contributed by atoms with E-state index in [0.717, 1.165) is 5.56 Å². The number of carbonyl (C=O) groups is 2. The lowest BCUT2D eigenvalue weighted by atomic mass is 9.99. The number of nitrogens with one attached hydrogen (secondary N) is 1. The third kappa shape index (κ3) is 3.37. The number of carboxylic acids is 1. The molecule has 1 aliphatic heterocycles. The third-order valence-electron chi connectivity index (χ3n) is 3.09. The molecule has 2 rings (SSSR count). The standard InChI is InChI=1S/C14H14ClNO4/c15-11-4-1-10(2-5-11)3-6-12(17)16-14(13(18)19)7-8-20-9-14/h1-6H,7-9H2,(H,16,17)(H,18,19). The van der Waals surface area contributed by atoms with Crippen LogP contribution in [0.5, 0.6) is 0 Å². The number of rotatable bonds is 4. The van der Waals surface area contributed by atoms with Crippen LogP contribution in [0.25, 0.3) is 6.08 Å². The second-order valence-electron chi connectivity index (χ2n) is 4.56. The molecule has 1 saturated heterocycles. The second-order valence-corrected chi connectivity index (χ2v) is 5.00. The van der Waals surface area contributed by atoms with Crippen molar-refractivity contribution in [1.29, 1.82) is 0 Å². The molecule has 0 aliphatic carbocycles. The van der Waals surface area contributed by atoms with Crippen LogP contribution in [0.3, 0.4) is 0 Å². The number of amides is 1. The average Bonchev–Trinajstić information content (AvgIpc) is 2.88. The van der Waals surface area contributed by atoms with E-state index >= 15 is 0 Å². The van der Waals surface area contributed by atoms with E-state index in [1.807, 2.05) is 0 Å². The highest BCUT2D eigenvalue weighted by Gasteiger charge is 2.43. The van der Waals surface area contributed by atoms with Crippen molar-refractivity contribution in [2.75, 3.05) is 13.2 Å². The summed E-state index contributed by atoms with van der Waals surface area (Å²) in [5, 5.41) is 12.3. The van der Waals surface area contributed by atoms with Crippen LogP contribution < -0.4 is 5.32 Å². The molecule has 1 fully saturated rings. The fraction of sp³-hybridized carbons (Fsp3) is 0.286. The van der Waals surface area contributed by atoms with Gasteiger partial charge in [0.05, 0.1) is 6.61 Å². The largest absolute Gasteiger partial charge is 0.479 e. The summed E-state index contributed by atoms with van der Waals surface area (Å²) in [7, 11) is 0. The van der Waals surface area contributed by atoms with Gasteiger partial charge >= 0.3 is 5.97 Å². The van der Waals surface area contributed by atoms with Crippen molar-refractivity contribution in [3.05, 3.63) is 40.9 Å². The van der Waals surface area contributed by atoms with Crippen molar-refractivity contribution in [3.8, 4) is 0 Å². The Labute approximate surface area is 121 Å². The van der Waals surface area contributed by atoms with Crippen molar-refractivity contribution >= 4 is 29.6 Å². The summed E-state index contributed by atoms with van der Waals surface area (Å²) in [4.78, 5) is 23.0. The molecule has 2 N–H and O–H groups in total. The Kier molecular flexibility index (Phi) is 4.42. The molecule has 1 atom stereocenters. The van der Waals surface area contributed by atoms with Gasteiger partial charge in [-0.2, -0.15) is 0 Å². The molecule has 1 aliphatic rings. The lowest BCUT2D eigenvalue weighted by Gasteiger charge is -2.22. The van der Waals surface area contributed by atoms with Gasteiger partial charge < -0.3 is 15.2 Å². The molecule has 0 saturated carbocycles. The van der Waals surface area contributed by atoms with Crippen molar-refractivity contribution < 1.29 is 19.4 Å². The molecule has 0 spiro atoms. The molecule has 1 aromatic rings. The minimum atomic E-state index is -1.32. The first-order valence-corrected chi connectivity index (χ1v) is 6.47. The first kappa shape index (κ1) is 14.6. The van der Waals surface area contributed by atoms with Gasteiger partial charge in [0.2, 0.25) is 5.91 Å². The van der Waals surface area contributed by atoms with E-state index in [1.165, 1.54) is 6.08 Å². The van der Waals surface area contributed by atoms with Crippen molar-refractivity contribution in [2.24, 2.45) is 0 Å². The third-order valence-corrected chi connectivity index (χ3v) is 3.34. The minimum Gasteiger partial charge on any atom is -0.479 e. The molecule has 0 bridgehead atoms. The number of ether oxygens (including phenoxy) is 1. The Morgan fingerprint density at radius 1 is 1.35 bits per heavy atom. The summed E-state index contributed by atoms with van der Waals surface area (Å²) in [6, 6.07) is 6.95. The SMILES string of the molecule is O=C(C=Cc1ccc(Cl)cc1)NC1(C(=O)O)CCOC1. The summed E-state index contributed by atoms with van der Waals surface area (Å²) in [5.41, 5.74) is -0.516. The lowest BCUT2D eigenvalue weighted by Crippen LogP contribution is -2.54. The first-order valence-electron chi connectivity index (χ1n) is 6.09. The number of benzene rings is 1. The quantitative estimate of drug-likeness (QED) is 0.829. The maximum absolute atomic E-state index is 11.8. The summed E-state index contributed by atoms with van der Waals surface area (Å²) < 4.78 is 5.06. The van der Waals surface area contributed by atoms with Gasteiger partial charge in [-0.05, 0) is 23.8 Å². The Morgan fingerprint density at radius 3 is 2.60 bits per heavy atom. The van der Waals surface area contributed by atoms with Crippen LogP contribution in [0.1, 0.15) is 12.0 Å². The van der Waals surface area contributed by atoms with E-state index in [2.05, 4.69) is 5.32 Å². The molecule has 5 nitrogen and oxygen atoms in total. The molecule has 20 heavy (non-hydrogen) atoms. The predicted octanol–water partition coefficient (Wildman–Crippen LogP) is 1.71. The number of carbonyl (C=O) groups excluding carboxylic acids is 1. The highest BCUT2D eigenvalue weighted by molar-refractivity contribution is 6.30. The molecule has 1 heterocycles. The summed E-state index contributed by atoms with van der Waals surface area (Å²) in [5.74, 6) is -1.55. The smallest absolute Gasteiger partial charge is 0.331 e. The normalized spacial score (nSPS) is 22.1. The van der Waals surface area contributed by atoms with Crippen LogP contribution in [0.4, 0.5) is 0 Å². The molecular formula is C14H14ClNO4. The Bertz CT molecular complexity index is 533. The Morgan fingerprint density at radius 2 is 2.05 bits per heavy atom. The lowest BCUT2D eigenvalue weighted by molar-refractivity contribution is -0.147. The van der Waals surface area contributed by atoms with Crippen LogP contribution in [-0.2, 0) is 14.3 Å². The number of carboxylic acid groups (broad SMARTS) is 1. The molecule has 6 heteroatoms. The van der Waals surface area contributed by atoms with E-state index in [0.29, 0.717) is 11.6 Å². The summed E-state index contributed by atoms with van der Waals surface area (Å²) >= 11 is 5.76. The van der Waals surface area contributed by atoms with Gasteiger partial charge in [0.25, 0.3) is 0 Å². The van der Waals surface area contributed by atoms with E-state index in [4.69, 9.17) is 16.3 Å². The van der Waals surface area contributed by atoms with Crippen LogP contribution >= 0.6 is 11.6 Å². The Hall–Kier alpha value is -1.85. The van der Waals surface area contributed by atoms with Crippen molar-refractivity contribution in [1.82, 2.24) is 5.32 Å². The maximum Gasteiger partial charge on any atom is 0.331 e. The van der Waals surface area contributed by atoms with Gasteiger partial charge in [-0.1, -0.05) is 23.7 Å². The summed E-state index contributed by atoms with van der Waals surface area (Å²) in [6.45, 7) is 0.316. The molecule has 0 aromatic heterocycles. The topological polar surface area (TPSA) is 75.6 Å². The zero-order chi connectivity index (χ0) is 14.6. The molecule has 1 unspecified atom stereocenters. The first-order chi connectivity index (χ1) is 9.52. The molecular weight excluding hydrogens is 282 g/mol. The van der Waals surface area contributed by atoms with E-state index in [9.17, 15) is 14.7 Å². The number of aliphatic carboxylic acids is 1. The van der Waals surface area contributed by atoms with Crippen molar-refractivity contribution in [3.63, 3.8) is 0 Å². The summed E-state index contributed by atoms with van der Waals surface area (Å²) in [6.07, 6.45) is 3.16. The van der Waals surface area contributed by atoms with Crippen LogP contribution in [-0.4, -0.2) is 35.7 Å². The van der Waals surface area contributed by atoms with Gasteiger partial charge in [0, 0.05) is 24.1 Å². The number of hydrogen-bond donors (Lipinski definition) is 2. The van der Waals surface area contributed by atoms with Gasteiger partial charge in [-0.3, -0.25) is 4.79 Å². The zero-order valence-corrected chi connectivity index (χ0v) is 11.4. The second kappa shape index (κ2) is 6.07. The van der Waals surface area contributed by atoms with Gasteiger partial charge in [0.1, 0.15) is 0 Å². The fourth-order valence-electron chi connectivity index (χ4n) is 1.91. The molecule has 1 amide bonds. The maximum atomic E-state index is 11.8.